The van der Waals surface area contributed by atoms with E-state index in [1.807, 2.05) is 56.3 Å². The van der Waals surface area contributed by atoms with E-state index in [1.165, 1.54) is 55.4 Å². The third-order valence-electron chi connectivity index (χ3n) is 15.1. The molecular weight excluding hydrogens is 1190 g/mol. The highest BCUT2D eigenvalue weighted by atomic mass is 35.5. The molecule has 0 saturated carbocycles. The number of halogens is 1. The van der Waals surface area contributed by atoms with Gasteiger partial charge < -0.3 is 74.4 Å². The molecule has 26 nitrogen and oxygen atoms in total. The summed E-state index contributed by atoms with van der Waals surface area (Å²) in [6.45, 7) is 5.33. The molecule has 1 fully saturated rings. The van der Waals surface area contributed by atoms with Gasteiger partial charge in [0.05, 0.1) is 6.61 Å². The second-order valence-electron chi connectivity index (χ2n) is 22.8. The first-order valence-corrected chi connectivity index (χ1v) is 30.3. The molecule has 0 aliphatic carbocycles. The summed E-state index contributed by atoms with van der Waals surface area (Å²) in [5, 5.41) is 46.8. The highest BCUT2D eigenvalue weighted by Gasteiger charge is 2.40. The average Bonchev–Trinajstić information content (AvgIpc) is 4.27. The molecule has 486 valence electrons. The van der Waals surface area contributed by atoms with Crippen LogP contribution < -0.4 is 59.3 Å². The van der Waals surface area contributed by atoms with Gasteiger partial charge >= 0.3 is 6.03 Å². The van der Waals surface area contributed by atoms with Crippen LogP contribution >= 0.6 is 11.6 Å². The van der Waals surface area contributed by atoms with Crippen LogP contribution in [-0.4, -0.2) is 159 Å². The van der Waals surface area contributed by atoms with Crippen LogP contribution in [0.2, 0.25) is 5.02 Å². The number of aromatic hydroxyl groups is 1. The molecule has 0 radical (unpaired) electrons. The van der Waals surface area contributed by atoms with Crippen molar-refractivity contribution in [1.29, 1.82) is 0 Å². The summed E-state index contributed by atoms with van der Waals surface area (Å²) < 4.78 is 0. The third kappa shape index (κ3) is 22.1. The van der Waals surface area contributed by atoms with Crippen LogP contribution in [-0.2, 0) is 73.6 Å². The molecule has 0 unspecified atom stereocenters. The van der Waals surface area contributed by atoms with Gasteiger partial charge in [0.2, 0.25) is 59.1 Å². The minimum atomic E-state index is -1.81. The number of rotatable bonds is 32. The first kappa shape index (κ1) is 70.4. The van der Waals surface area contributed by atoms with Crippen LogP contribution in [0.4, 0.5) is 4.79 Å². The van der Waals surface area contributed by atoms with Crippen LogP contribution in [0.25, 0.3) is 10.8 Å². The number of urea groups is 1. The van der Waals surface area contributed by atoms with Crippen LogP contribution in [0.3, 0.4) is 0 Å². The Labute approximate surface area is 531 Å². The van der Waals surface area contributed by atoms with Gasteiger partial charge in [-0.05, 0) is 108 Å². The number of phenols is 1. The topological polar surface area (TPSA) is 405 Å². The number of benzene rings is 4. The van der Waals surface area contributed by atoms with Gasteiger partial charge in [0, 0.05) is 63.1 Å². The van der Waals surface area contributed by atoms with Crippen LogP contribution in [0, 0.1) is 5.92 Å². The van der Waals surface area contributed by atoms with Gasteiger partial charge in [-0.1, -0.05) is 98.2 Å². The summed E-state index contributed by atoms with van der Waals surface area (Å²) in [6.07, 6.45) is 2.99. The van der Waals surface area contributed by atoms with Crippen molar-refractivity contribution >= 4 is 87.5 Å². The minimum absolute atomic E-state index is 0.0399. The highest BCUT2D eigenvalue weighted by Crippen LogP contribution is 2.22. The van der Waals surface area contributed by atoms with E-state index in [2.05, 4.69) is 52.8 Å². The first-order chi connectivity index (χ1) is 43.4. The molecule has 4 aromatic carbocycles. The Morgan fingerprint density at radius 3 is 1.65 bits per heavy atom. The number of fused-ring (bicyclic) bond motifs is 1. The Morgan fingerprint density at radius 2 is 1.10 bits per heavy atom. The number of hydrogen-bond acceptors (Lipinski definition) is 14. The van der Waals surface area contributed by atoms with Crippen LogP contribution in [0.5, 0.6) is 5.75 Å². The number of nitrogens with two attached hydrogens (primary N) is 2. The monoisotopic (exact) mass is 1270 g/mol. The van der Waals surface area contributed by atoms with Gasteiger partial charge in [-0.25, -0.2) is 4.79 Å². The molecule has 12 amide bonds. The number of nitrogens with zero attached hydrogens (tertiary/aromatic N) is 2. The molecule has 15 N–H and O–H groups in total. The molecule has 1 saturated heterocycles. The number of carbonyl (C=O) groups excluding carboxylic acids is 11. The van der Waals surface area contributed by atoms with Crippen LogP contribution in [0.1, 0.15) is 82.1 Å². The van der Waals surface area contributed by atoms with Gasteiger partial charge in [0.15, 0.2) is 0 Å². The summed E-state index contributed by atoms with van der Waals surface area (Å²) in [5.74, 6) is -8.33. The maximum Gasteiger partial charge on any atom is 0.312 e. The number of pyridine rings is 1. The van der Waals surface area contributed by atoms with Crippen LogP contribution in [0.15, 0.2) is 116 Å². The maximum absolute atomic E-state index is 14.7. The second-order valence-corrected chi connectivity index (χ2v) is 23.3. The lowest BCUT2D eigenvalue weighted by molar-refractivity contribution is -0.142. The number of aliphatic hydroxyl groups is 1. The van der Waals surface area contributed by atoms with Gasteiger partial charge in [0.1, 0.15) is 60.1 Å². The Balaban J connectivity index is 1.25. The molecule has 0 spiro atoms. The summed E-state index contributed by atoms with van der Waals surface area (Å²) >= 11 is 6.21. The molecule has 2 heterocycles. The first-order valence-electron chi connectivity index (χ1n) is 29.9. The van der Waals surface area contributed by atoms with E-state index in [4.69, 9.17) is 23.1 Å². The van der Waals surface area contributed by atoms with E-state index < -0.39 is 126 Å². The largest absolute Gasteiger partial charge is 0.508 e. The van der Waals surface area contributed by atoms with Crippen molar-refractivity contribution in [3.05, 3.63) is 143 Å². The zero-order chi connectivity index (χ0) is 66.3. The van der Waals surface area contributed by atoms with E-state index in [-0.39, 0.29) is 76.1 Å². The minimum Gasteiger partial charge on any atom is -0.508 e. The van der Waals surface area contributed by atoms with E-state index in [0.717, 1.165) is 10.8 Å². The summed E-state index contributed by atoms with van der Waals surface area (Å²) in [4.78, 5) is 156. The van der Waals surface area contributed by atoms with Crippen molar-refractivity contribution in [1.82, 2.24) is 57.7 Å². The fourth-order valence-corrected chi connectivity index (χ4v) is 10.5. The van der Waals surface area contributed by atoms with Gasteiger partial charge in [-0.3, -0.25) is 52.9 Å². The molecule has 91 heavy (non-hydrogen) atoms. The van der Waals surface area contributed by atoms with E-state index in [1.54, 1.807) is 36.4 Å². The SMILES string of the molecule is CC(=O)N[C@H](Cc1ccc2ccccc2c1)C(=O)N[C@H](Cc1ccc(Cl)cc1)C(=O)N[C@H](Cc1cccnc1)C(=O)N[C@@H](CO)C(=O)N[C@@H](Cc1ccc(O)cc1)C(=O)N[C@H](CCCNC(N)=O)C(=O)N[C@@H](CC(C)C)C(=O)N1CCC[C@H]1C(=O)N[C@H](C)C(N)=O. The van der Waals surface area contributed by atoms with Crippen molar-refractivity contribution in [3.8, 4) is 5.75 Å². The van der Waals surface area contributed by atoms with E-state index in [9.17, 15) is 63.0 Å². The fourth-order valence-electron chi connectivity index (χ4n) is 10.4. The molecule has 27 heteroatoms. The van der Waals surface area contributed by atoms with E-state index >= 15 is 0 Å². The number of likely N-dealkylation sites (tertiary alicyclic amines) is 1. The van der Waals surface area contributed by atoms with Crippen molar-refractivity contribution < 1.29 is 63.0 Å². The van der Waals surface area contributed by atoms with Crippen molar-refractivity contribution in [2.24, 2.45) is 17.4 Å². The molecule has 6 rings (SSSR count). The Hall–Kier alpha value is -9.69. The lowest BCUT2D eigenvalue weighted by atomic mass is 9.99. The Morgan fingerprint density at radius 1 is 0.593 bits per heavy atom. The van der Waals surface area contributed by atoms with Gasteiger partial charge in [-0.2, -0.15) is 0 Å². The smallest absolute Gasteiger partial charge is 0.312 e. The molecule has 1 aromatic heterocycles. The number of nitrogens with one attached hydrogen (secondary N) is 9. The maximum atomic E-state index is 14.7. The number of amides is 12. The standard InChI is InChI=1S/C64H80ClN13O13/c1-36(2)28-52(63(90)78-27-9-14-54(78)62(89)70-37(3)55(66)82)76-56(83)47(13-8-26-69-64(67)91)72-58(85)49(31-40-18-23-46(81)24-19-40)75-61(88)53(35-79)77-60(87)51(33-42-10-7-25-68-34-42)74-59(86)50(30-39-16-21-45(65)22-17-39)73-57(84)48(71-38(4)80)32-41-15-20-43-11-5-6-12-44(43)29-41/h5-7,10-12,15-25,29,34,36-37,47-54,79,81H,8-9,13-14,26-28,30-33,35H2,1-4H3,(H2,66,82)(H,70,89)(H,71,80)(H,72,85)(H,73,84)(H,74,86)(H,75,88)(H,76,83)(H,77,87)(H3,67,69,91)/t37-,47-,48-,49+,50-,51-,52+,53+,54+/m1/s1. The third-order valence-corrected chi connectivity index (χ3v) is 15.4. The van der Waals surface area contributed by atoms with Gasteiger partial charge in [0.25, 0.3) is 0 Å². The highest BCUT2D eigenvalue weighted by molar-refractivity contribution is 6.30. The molecular formula is C64H80ClN13O13. The number of phenolic OH excluding ortho intramolecular Hbond substituents is 1. The Kier molecular flexibility index (Phi) is 26.6. The lowest BCUT2D eigenvalue weighted by Gasteiger charge is -2.31. The molecule has 1 aliphatic heterocycles. The van der Waals surface area contributed by atoms with Gasteiger partial charge in [-0.15, -0.1) is 0 Å². The van der Waals surface area contributed by atoms with Crippen molar-refractivity contribution in [2.75, 3.05) is 19.7 Å². The molecule has 0 bridgehead atoms. The average molecular weight is 1270 g/mol. The zero-order valence-corrected chi connectivity index (χ0v) is 51.8. The second kappa shape index (κ2) is 34.3. The molecule has 1 aliphatic rings. The van der Waals surface area contributed by atoms with Crippen molar-refractivity contribution in [3.63, 3.8) is 0 Å². The summed E-state index contributed by atoms with van der Waals surface area (Å²) in [6, 6.07) is 15.4. The number of aromatic nitrogens is 1. The summed E-state index contributed by atoms with van der Waals surface area (Å²) in [7, 11) is 0. The van der Waals surface area contributed by atoms with Crippen molar-refractivity contribution in [2.45, 2.75) is 140 Å². The normalized spacial score (nSPS) is 15.4. The predicted molar refractivity (Wildman–Crippen MR) is 337 cm³/mol. The number of primary amides is 2. The zero-order valence-electron chi connectivity index (χ0n) is 51.0. The molecule has 9 atom stereocenters. The number of aliphatic hydroxyl groups excluding tert-OH is 1. The quantitative estimate of drug-likeness (QED) is 0.0265. The Bertz CT molecular complexity index is 3380. The fraction of sp³-hybridized carbons (Fsp3) is 0.406. The molecule has 5 aromatic rings. The number of carbonyl (C=O) groups is 11. The summed E-state index contributed by atoms with van der Waals surface area (Å²) in [5.41, 5.74) is 12.8. The lowest BCUT2D eigenvalue weighted by Crippen LogP contribution is -2.61. The number of hydrogen-bond donors (Lipinski definition) is 13. The predicted octanol–water partition coefficient (Wildman–Crippen LogP) is 0.746. The van der Waals surface area contributed by atoms with E-state index in [0.29, 0.717) is 33.7 Å².